The highest BCUT2D eigenvalue weighted by Crippen LogP contribution is 2.18. The Morgan fingerprint density at radius 1 is 0.970 bits per heavy atom. The van der Waals surface area contributed by atoms with Gasteiger partial charge < -0.3 is 15.1 Å². The van der Waals surface area contributed by atoms with Crippen molar-refractivity contribution in [2.45, 2.75) is 44.7 Å². The number of carbonyl (C=O) groups is 2. The molecule has 0 spiro atoms. The van der Waals surface area contributed by atoms with Gasteiger partial charge in [0.1, 0.15) is 0 Å². The van der Waals surface area contributed by atoms with Crippen LogP contribution in [0.15, 0.2) is 70.2 Å². The van der Waals surface area contributed by atoms with Crippen LogP contribution in [0.4, 0.5) is 5.69 Å². The molecule has 0 saturated heterocycles. The van der Waals surface area contributed by atoms with Crippen molar-refractivity contribution in [3.05, 3.63) is 83.3 Å². The lowest BCUT2D eigenvalue weighted by Gasteiger charge is -2.20. The summed E-state index contributed by atoms with van der Waals surface area (Å²) >= 11 is 0. The number of benzene rings is 2. The molecule has 3 rings (SSSR count). The Kier molecular flexibility index (Phi) is 7.04. The molecule has 3 aromatic rings. The predicted molar refractivity (Wildman–Crippen MR) is 126 cm³/mol. The van der Waals surface area contributed by atoms with Gasteiger partial charge in [-0.05, 0) is 75.2 Å². The van der Waals surface area contributed by atoms with Crippen molar-refractivity contribution in [2.75, 3.05) is 5.32 Å². The number of rotatable bonds is 7. The second kappa shape index (κ2) is 9.60. The van der Waals surface area contributed by atoms with E-state index in [1.807, 2.05) is 0 Å². The van der Waals surface area contributed by atoms with Crippen molar-refractivity contribution >= 4 is 27.5 Å². The molecule has 2 amide bonds. The number of furan rings is 1. The highest BCUT2D eigenvalue weighted by molar-refractivity contribution is 7.89. The van der Waals surface area contributed by atoms with E-state index in [4.69, 9.17) is 4.42 Å². The Balaban J connectivity index is 1.65. The van der Waals surface area contributed by atoms with E-state index in [0.717, 1.165) is 5.56 Å². The quantitative estimate of drug-likeness (QED) is 0.486. The van der Waals surface area contributed by atoms with E-state index in [1.165, 1.54) is 18.4 Å². The summed E-state index contributed by atoms with van der Waals surface area (Å²) < 4.78 is 32.9. The summed E-state index contributed by atoms with van der Waals surface area (Å²) in [6.07, 6.45) is 1.43. The zero-order valence-electron chi connectivity index (χ0n) is 18.9. The third-order valence-corrected chi connectivity index (χ3v) is 6.37. The van der Waals surface area contributed by atoms with Crippen molar-refractivity contribution in [1.29, 1.82) is 0 Å². The van der Waals surface area contributed by atoms with E-state index in [2.05, 4.69) is 15.4 Å². The summed E-state index contributed by atoms with van der Waals surface area (Å²) in [5.41, 5.74) is 1.71. The van der Waals surface area contributed by atoms with Crippen LogP contribution in [0.25, 0.3) is 0 Å². The summed E-state index contributed by atoms with van der Waals surface area (Å²) in [5.74, 6) is -0.522. The van der Waals surface area contributed by atoms with Crippen molar-refractivity contribution in [2.24, 2.45) is 0 Å². The van der Waals surface area contributed by atoms with Crippen LogP contribution in [0, 0.1) is 6.92 Å². The molecule has 174 valence electrons. The Morgan fingerprint density at radius 2 is 1.67 bits per heavy atom. The van der Waals surface area contributed by atoms with Crippen molar-refractivity contribution in [1.82, 2.24) is 10.0 Å². The van der Waals surface area contributed by atoms with Crippen molar-refractivity contribution in [3.63, 3.8) is 0 Å². The van der Waals surface area contributed by atoms with Gasteiger partial charge in [-0.2, -0.15) is 0 Å². The molecule has 33 heavy (non-hydrogen) atoms. The van der Waals surface area contributed by atoms with E-state index in [-0.39, 0.29) is 34.6 Å². The van der Waals surface area contributed by atoms with Gasteiger partial charge in [0.05, 0.1) is 11.2 Å². The Bertz CT molecular complexity index is 1240. The first-order valence-corrected chi connectivity index (χ1v) is 11.8. The number of nitrogens with one attached hydrogen (secondary N) is 3. The zero-order valence-corrected chi connectivity index (χ0v) is 19.7. The third-order valence-electron chi connectivity index (χ3n) is 4.61. The molecule has 0 aliphatic carbocycles. The number of carbonyl (C=O) groups excluding carboxylic acids is 2. The molecule has 3 N–H and O–H groups in total. The standard InChI is InChI=1S/C24H27N3O5S/c1-16-7-12-19(33(30,31)27-24(2,3)4)14-20(16)22(28)25-15-17-8-10-18(11-9-17)26-23(29)21-6-5-13-32-21/h5-14,27H,15H2,1-4H3,(H,25,28)(H,26,29). The molecular formula is C24H27N3O5S. The van der Waals surface area contributed by atoms with E-state index < -0.39 is 15.6 Å². The fraction of sp³-hybridized carbons (Fsp3) is 0.250. The highest BCUT2D eigenvalue weighted by atomic mass is 32.2. The summed E-state index contributed by atoms with van der Waals surface area (Å²) in [4.78, 5) is 24.8. The van der Waals surface area contributed by atoms with Gasteiger partial charge in [-0.25, -0.2) is 13.1 Å². The monoisotopic (exact) mass is 469 g/mol. The number of hydrogen-bond acceptors (Lipinski definition) is 5. The second-order valence-corrected chi connectivity index (χ2v) is 10.3. The summed E-state index contributed by atoms with van der Waals surface area (Å²) in [6, 6.07) is 14.7. The van der Waals surface area contributed by atoms with Gasteiger partial charge in [0.2, 0.25) is 10.0 Å². The lowest BCUT2D eigenvalue weighted by Crippen LogP contribution is -2.40. The zero-order chi connectivity index (χ0) is 24.2. The van der Waals surface area contributed by atoms with Crippen LogP contribution in [0.3, 0.4) is 0 Å². The summed E-state index contributed by atoms with van der Waals surface area (Å²) in [7, 11) is -3.76. The van der Waals surface area contributed by atoms with E-state index in [1.54, 1.807) is 70.2 Å². The van der Waals surface area contributed by atoms with Crippen LogP contribution in [0.2, 0.25) is 0 Å². The maximum absolute atomic E-state index is 12.8. The molecule has 0 unspecified atom stereocenters. The fourth-order valence-electron chi connectivity index (χ4n) is 3.06. The van der Waals surface area contributed by atoms with Crippen molar-refractivity contribution in [3.8, 4) is 0 Å². The molecule has 0 atom stereocenters. The van der Waals surface area contributed by atoms with Gasteiger partial charge in [0.25, 0.3) is 11.8 Å². The molecule has 1 heterocycles. The van der Waals surface area contributed by atoms with Crippen LogP contribution in [0.1, 0.15) is 52.8 Å². The van der Waals surface area contributed by atoms with Crippen LogP contribution < -0.4 is 15.4 Å². The molecule has 0 aliphatic rings. The van der Waals surface area contributed by atoms with E-state index in [0.29, 0.717) is 11.3 Å². The molecule has 9 heteroatoms. The summed E-state index contributed by atoms with van der Waals surface area (Å²) in [5, 5.41) is 5.53. The van der Waals surface area contributed by atoms with Crippen LogP contribution in [0.5, 0.6) is 0 Å². The Hall–Kier alpha value is -3.43. The second-order valence-electron chi connectivity index (χ2n) is 8.64. The van der Waals surface area contributed by atoms with Crippen LogP contribution in [-0.2, 0) is 16.6 Å². The molecule has 8 nitrogen and oxygen atoms in total. The molecule has 0 aliphatic heterocycles. The minimum Gasteiger partial charge on any atom is -0.459 e. The average molecular weight is 470 g/mol. The van der Waals surface area contributed by atoms with Gasteiger partial charge in [-0.3, -0.25) is 9.59 Å². The number of sulfonamides is 1. The largest absolute Gasteiger partial charge is 0.459 e. The fourth-order valence-corrected chi connectivity index (χ4v) is 4.50. The molecule has 0 fully saturated rings. The maximum Gasteiger partial charge on any atom is 0.291 e. The first kappa shape index (κ1) is 24.2. The number of amides is 2. The lowest BCUT2D eigenvalue weighted by atomic mass is 10.1. The van der Waals surface area contributed by atoms with E-state index in [9.17, 15) is 18.0 Å². The number of aryl methyl sites for hydroxylation is 1. The Labute approximate surface area is 193 Å². The summed E-state index contributed by atoms with van der Waals surface area (Å²) in [6.45, 7) is 7.24. The topological polar surface area (TPSA) is 118 Å². The van der Waals surface area contributed by atoms with Crippen molar-refractivity contribution < 1.29 is 22.4 Å². The molecular weight excluding hydrogens is 442 g/mol. The van der Waals surface area contributed by atoms with Gasteiger partial charge >= 0.3 is 0 Å². The predicted octanol–water partition coefficient (Wildman–Crippen LogP) is 3.85. The smallest absolute Gasteiger partial charge is 0.291 e. The van der Waals surface area contributed by atoms with Gasteiger partial charge in [-0.1, -0.05) is 18.2 Å². The molecule has 0 saturated carbocycles. The molecule has 0 bridgehead atoms. The SMILES string of the molecule is Cc1ccc(S(=O)(=O)NC(C)(C)C)cc1C(=O)NCc1ccc(NC(=O)c2ccco2)cc1. The first-order chi connectivity index (χ1) is 15.4. The number of hydrogen-bond donors (Lipinski definition) is 3. The van der Waals surface area contributed by atoms with Crippen LogP contribution >= 0.6 is 0 Å². The maximum atomic E-state index is 12.8. The highest BCUT2D eigenvalue weighted by Gasteiger charge is 2.23. The van der Waals surface area contributed by atoms with Crippen LogP contribution in [-0.4, -0.2) is 25.8 Å². The molecule has 1 aromatic heterocycles. The third kappa shape index (κ3) is 6.53. The first-order valence-electron chi connectivity index (χ1n) is 10.3. The lowest BCUT2D eigenvalue weighted by molar-refractivity contribution is 0.0949. The van der Waals surface area contributed by atoms with E-state index >= 15 is 0 Å². The molecule has 0 radical (unpaired) electrons. The Morgan fingerprint density at radius 3 is 2.27 bits per heavy atom. The van der Waals surface area contributed by atoms with Gasteiger partial charge in [-0.15, -0.1) is 0 Å². The van der Waals surface area contributed by atoms with Gasteiger partial charge in [0, 0.05) is 23.3 Å². The minimum absolute atomic E-state index is 0.0322. The normalized spacial score (nSPS) is 11.8. The number of anilines is 1. The van der Waals surface area contributed by atoms with Gasteiger partial charge in [0.15, 0.2) is 5.76 Å². The minimum atomic E-state index is -3.76. The average Bonchev–Trinajstić information content (AvgIpc) is 3.26. The molecule has 2 aromatic carbocycles.